The number of non-ortho nitro benzene ring substituents is 1. The Morgan fingerprint density at radius 3 is 2.62 bits per heavy atom. The Morgan fingerprint density at radius 1 is 1.12 bits per heavy atom. The van der Waals surface area contributed by atoms with Crippen LogP contribution in [0.1, 0.15) is 11.1 Å². The molecule has 1 aliphatic rings. The molecule has 0 saturated carbocycles. The van der Waals surface area contributed by atoms with Gasteiger partial charge < -0.3 is 9.30 Å². The predicted octanol–water partition coefficient (Wildman–Crippen LogP) is 3.73. The number of hydrogen-bond acceptors (Lipinski definition) is 9. The van der Waals surface area contributed by atoms with Gasteiger partial charge in [0.25, 0.3) is 11.4 Å². The molecular weight excluding hydrogens is 438 g/mol. The highest BCUT2D eigenvalue weighted by atomic mass is 32.2. The standard InChI is InChI=1S/C20H13N5O6S/c1-23-8-7-21-20(23)32-17-6-5-12(10-16(17)25(29)30)9-15-19(26)31-18(22-15)13-3-2-4-14(11-13)24(27)28/h2-11H,1H3/b15-9-. The van der Waals surface area contributed by atoms with E-state index in [9.17, 15) is 25.0 Å². The van der Waals surface area contributed by atoms with Gasteiger partial charge in [-0.15, -0.1) is 0 Å². The van der Waals surface area contributed by atoms with Gasteiger partial charge in [0, 0.05) is 43.2 Å². The zero-order valence-corrected chi connectivity index (χ0v) is 17.2. The molecule has 0 aliphatic carbocycles. The smallest absolute Gasteiger partial charge is 0.363 e. The van der Waals surface area contributed by atoms with Crippen LogP contribution in [0.5, 0.6) is 0 Å². The quantitative estimate of drug-likeness (QED) is 0.239. The summed E-state index contributed by atoms with van der Waals surface area (Å²) in [5.74, 6) is -0.845. The van der Waals surface area contributed by atoms with Crippen LogP contribution in [0.25, 0.3) is 6.08 Å². The molecule has 2 aromatic carbocycles. The summed E-state index contributed by atoms with van der Waals surface area (Å²) < 4.78 is 6.86. The predicted molar refractivity (Wildman–Crippen MR) is 114 cm³/mol. The van der Waals surface area contributed by atoms with Crippen LogP contribution >= 0.6 is 11.8 Å². The Labute approximate surface area is 184 Å². The number of aliphatic imine (C=N–C) groups is 1. The van der Waals surface area contributed by atoms with Crippen molar-refractivity contribution < 1.29 is 19.4 Å². The van der Waals surface area contributed by atoms with Crippen LogP contribution in [-0.4, -0.2) is 31.3 Å². The number of rotatable bonds is 6. The van der Waals surface area contributed by atoms with Crippen LogP contribution < -0.4 is 0 Å². The lowest BCUT2D eigenvalue weighted by Crippen LogP contribution is -2.05. The summed E-state index contributed by atoms with van der Waals surface area (Å²) in [7, 11) is 1.78. The number of carbonyl (C=O) groups excluding carboxylic acids is 1. The van der Waals surface area contributed by atoms with E-state index in [2.05, 4.69) is 9.98 Å². The maximum atomic E-state index is 12.2. The number of benzene rings is 2. The topological polar surface area (TPSA) is 143 Å². The number of carbonyl (C=O) groups is 1. The van der Waals surface area contributed by atoms with Crippen LogP contribution in [-0.2, 0) is 16.6 Å². The molecule has 12 heteroatoms. The van der Waals surface area contributed by atoms with Crippen LogP contribution in [0.15, 0.2) is 75.6 Å². The Balaban J connectivity index is 1.65. The van der Waals surface area contributed by atoms with Gasteiger partial charge in [-0.2, -0.15) is 0 Å². The average molecular weight is 451 g/mol. The second-order valence-corrected chi connectivity index (χ2v) is 7.56. The molecule has 0 atom stereocenters. The molecular formula is C20H13N5O6S. The second-order valence-electron chi connectivity index (χ2n) is 6.55. The van der Waals surface area contributed by atoms with E-state index in [4.69, 9.17) is 4.74 Å². The minimum absolute atomic E-state index is 0.0784. The molecule has 2 heterocycles. The number of imidazole rings is 1. The Morgan fingerprint density at radius 2 is 1.94 bits per heavy atom. The molecule has 0 radical (unpaired) electrons. The Hall–Kier alpha value is -4.32. The first-order chi connectivity index (χ1) is 15.3. The third kappa shape index (κ3) is 4.25. The van der Waals surface area contributed by atoms with Gasteiger partial charge in [0.15, 0.2) is 10.9 Å². The van der Waals surface area contributed by atoms with Crippen molar-refractivity contribution in [2.24, 2.45) is 12.0 Å². The number of hydrogen-bond donors (Lipinski definition) is 0. The van der Waals surface area contributed by atoms with Crippen molar-refractivity contribution in [2.75, 3.05) is 0 Å². The molecule has 0 bridgehead atoms. The van der Waals surface area contributed by atoms with Gasteiger partial charge in [-0.3, -0.25) is 20.2 Å². The number of nitro benzene ring substituents is 2. The molecule has 0 spiro atoms. The van der Waals surface area contributed by atoms with Crippen molar-refractivity contribution in [3.63, 3.8) is 0 Å². The fraction of sp³-hybridized carbons (Fsp3) is 0.0500. The Bertz CT molecular complexity index is 1330. The molecule has 11 nitrogen and oxygen atoms in total. The number of nitro groups is 2. The lowest BCUT2D eigenvalue weighted by Gasteiger charge is -2.04. The summed E-state index contributed by atoms with van der Waals surface area (Å²) in [6.07, 6.45) is 4.68. The molecule has 0 N–H and O–H groups in total. The largest absolute Gasteiger partial charge is 0.402 e. The molecule has 3 aromatic rings. The first-order valence-electron chi connectivity index (χ1n) is 9.03. The fourth-order valence-corrected chi connectivity index (χ4v) is 3.73. The Kier molecular flexibility index (Phi) is 5.52. The van der Waals surface area contributed by atoms with Gasteiger partial charge in [-0.25, -0.2) is 14.8 Å². The highest BCUT2D eigenvalue weighted by Crippen LogP contribution is 2.35. The van der Waals surface area contributed by atoms with E-state index in [0.29, 0.717) is 15.6 Å². The molecule has 0 fully saturated rings. The van der Waals surface area contributed by atoms with Crippen molar-refractivity contribution in [1.82, 2.24) is 9.55 Å². The zero-order chi connectivity index (χ0) is 22.8. The van der Waals surface area contributed by atoms with E-state index < -0.39 is 15.8 Å². The van der Waals surface area contributed by atoms with Gasteiger partial charge in [0.05, 0.1) is 14.7 Å². The second kappa shape index (κ2) is 8.43. The number of ether oxygens (including phenoxy) is 1. The van der Waals surface area contributed by atoms with Gasteiger partial charge in [0.1, 0.15) is 0 Å². The molecule has 160 valence electrons. The summed E-state index contributed by atoms with van der Waals surface area (Å²) in [6.45, 7) is 0. The number of esters is 1. The molecule has 0 unspecified atom stereocenters. The maximum absolute atomic E-state index is 12.2. The van der Waals surface area contributed by atoms with Crippen LogP contribution in [0.2, 0.25) is 0 Å². The van der Waals surface area contributed by atoms with E-state index in [-0.39, 0.29) is 28.5 Å². The first kappa shape index (κ1) is 20.9. The van der Waals surface area contributed by atoms with Crippen LogP contribution in [0.4, 0.5) is 11.4 Å². The number of aryl methyl sites for hydroxylation is 1. The lowest BCUT2D eigenvalue weighted by atomic mass is 10.1. The minimum atomic E-state index is -0.763. The molecule has 1 aromatic heterocycles. The average Bonchev–Trinajstić information content (AvgIpc) is 3.34. The molecule has 32 heavy (non-hydrogen) atoms. The number of aromatic nitrogens is 2. The van der Waals surface area contributed by atoms with Crippen molar-refractivity contribution >= 4 is 41.1 Å². The molecule has 4 rings (SSSR count). The van der Waals surface area contributed by atoms with Crippen LogP contribution in [0.3, 0.4) is 0 Å². The monoisotopic (exact) mass is 451 g/mol. The van der Waals surface area contributed by atoms with Gasteiger partial charge in [-0.05, 0) is 35.5 Å². The van der Waals surface area contributed by atoms with E-state index in [1.807, 2.05) is 0 Å². The van der Waals surface area contributed by atoms with E-state index in [1.54, 1.807) is 36.1 Å². The first-order valence-corrected chi connectivity index (χ1v) is 9.84. The molecule has 0 saturated heterocycles. The van der Waals surface area contributed by atoms with E-state index in [1.165, 1.54) is 36.4 Å². The SMILES string of the molecule is Cn1ccnc1Sc1ccc(/C=C2\N=C(c3cccc([N+](=O)[O-])c3)OC2=O)cc1[N+](=O)[O-]. The third-order valence-corrected chi connectivity index (χ3v) is 5.53. The molecule has 1 aliphatic heterocycles. The highest BCUT2D eigenvalue weighted by Gasteiger charge is 2.26. The van der Waals surface area contributed by atoms with Gasteiger partial charge in [0.2, 0.25) is 5.90 Å². The van der Waals surface area contributed by atoms with E-state index >= 15 is 0 Å². The van der Waals surface area contributed by atoms with Crippen molar-refractivity contribution in [3.8, 4) is 0 Å². The minimum Gasteiger partial charge on any atom is -0.402 e. The van der Waals surface area contributed by atoms with Crippen molar-refractivity contribution in [2.45, 2.75) is 10.1 Å². The highest BCUT2D eigenvalue weighted by molar-refractivity contribution is 7.99. The maximum Gasteiger partial charge on any atom is 0.363 e. The normalized spacial score (nSPS) is 14.3. The number of cyclic esters (lactones) is 1. The number of nitrogens with zero attached hydrogens (tertiary/aromatic N) is 5. The third-order valence-electron chi connectivity index (χ3n) is 4.39. The summed E-state index contributed by atoms with van der Waals surface area (Å²) in [5, 5.41) is 23.1. The summed E-state index contributed by atoms with van der Waals surface area (Å²) in [6, 6.07) is 10.0. The lowest BCUT2D eigenvalue weighted by molar-refractivity contribution is -0.387. The zero-order valence-electron chi connectivity index (χ0n) is 16.4. The summed E-state index contributed by atoms with van der Waals surface area (Å²) in [5.41, 5.74) is 0.239. The summed E-state index contributed by atoms with van der Waals surface area (Å²) in [4.78, 5) is 42.3. The fourth-order valence-electron chi connectivity index (χ4n) is 2.84. The molecule has 0 amide bonds. The van der Waals surface area contributed by atoms with Crippen LogP contribution in [0, 0.1) is 20.2 Å². The van der Waals surface area contributed by atoms with E-state index in [0.717, 1.165) is 11.8 Å². The van der Waals surface area contributed by atoms with Gasteiger partial charge >= 0.3 is 5.97 Å². The summed E-state index contributed by atoms with van der Waals surface area (Å²) >= 11 is 1.14. The van der Waals surface area contributed by atoms with Crippen molar-refractivity contribution in [3.05, 3.63) is 91.9 Å². The van der Waals surface area contributed by atoms with Gasteiger partial charge in [-0.1, -0.05) is 12.1 Å². The van der Waals surface area contributed by atoms with Crippen molar-refractivity contribution in [1.29, 1.82) is 0 Å².